The first-order valence-electron chi connectivity index (χ1n) is 14.4. The zero-order valence-electron chi connectivity index (χ0n) is 25.2. The Kier molecular flexibility index (Phi) is 12.0. The highest BCUT2D eigenvalue weighted by molar-refractivity contribution is 7.92. The van der Waals surface area contributed by atoms with Gasteiger partial charge >= 0.3 is 0 Å². The van der Waals surface area contributed by atoms with Crippen molar-refractivity contribution in [3.05, 3.63) is 95.6 Å². The normalized spacial score (nSPS) is 12.0. The standard InChI is InChI=1S/C33H43N3O5S/c1-6-41-30-20-18-29(19-21-30)36(42(5,39)40)22-12-17-32(37)35(24-28-16-11-10-13-26(28)4)31(33(38)34-25(2)3)23-27-14-8-7-9-15-27/h7-11,13-16,18-21,25,31H,6,12,17,22-24H2,1-5H3,(H,34,38)/t31-/m0/s1. The maximum Gasteiger partial charge on any atom is 0.243 e. The first-order valence-corrected chi connectivity index (χ1v) is 16.2. The van der Waals surface area contributed by atoms with E-state index in [-0.39, 0.29) is 43.8 Å². The molecule has 0 saturated carbocycles. The fourth-order valence-corrected chi connectivity index (χ4v) is 5.75. The highest BCUT2D eigenvalue weighted by Crippen LogP contribution is 2.23. The lowest BCUT2D eigenvalue weighted by Crippen LogP contribution is -2.52. The Labute approximate surface area is 250 Å². The molecule has 0 unspecified atom stereocenters. The van der Waals surface area contributed by atoms with E-state index in [2.05, 4.69) is 5.32 Å². The number of carbonyl (C=O) groups excluding carboxylic acids is 2. The van der Waals surface area contributed by atoms with Gasteiger partial charge in [0.25, 0.3) is 0 Å². The van der Waals surface area contributed by atoms with Gasteiger partial charge < -0.3 is 15.0 Å². The molecular formula is C33H43N3O5S. The molecule has 42 heavy (non-hydrogen) atoms. The second-order valence-corrected chi connectivity index (χ2v) is 12.6. The molecule has 0 radical (unpaired) electrons. The molecule has 0 fully saturated rings. The summed E-state index contributed by atoms with van der Waals surface area (Å²) in [6.45, 7) is 8.56. The van der Waals surface area contributed by atoms with Crippen LogP contribution in [0, 0.1) is 6.92 Å². The van der Waals surface area contributed by atoms with Gasteiger partial charge in [0.2, 0.25) is 21.8 Å². The highest BCUT2D eigenvalue weighted by atomic mass is 32.2. The molecule has 9 heteroatoms. The van der Waals surface area contributed by atoms with Gasteiger partial charge in [-0.05, 0) is 75.1 Å². The van der Waals surface area contributed by atoms with Crippen molar-refractivity contribution in [1.82, 2.24) is 10.2 Å². The Morgan fingerprint density at radius 1 is 0.929 bits per heavy atom. The monoisotopic (exact) mass is 593 g/mol. The van der Waals surface area contributed by atoms with E-state index in [0.717, 1.165) is 22.9 Å². The molecule has 8 nitrogen and oxygen atoms in total. The lowest BCUT2D eigenvalue weighted by atomic mass is 10.0. The van der Waals surface area contributed by atoms with Crippen molar-refractivity contribution in [2.45, 2.75) is 65.6 Å². The van der Waals surface area contributed by atoms with E-state index < -0.39 is 16.1 Å². The number of nitrogens with zero attached hydrogens (tertiary/aromatic N) is 2. The molecule has 0 heterocycles. The number of ether oxygens (including phenoxy) is 1. The molecule has 226 valence electrons. The number of sulfonamides is 1. The molecular weight excluding hydrogens is 550 g/mol. The van der Waals surface area contributed by atoms with Crippen LogP contribution < -0.4 is 14.4 Å². The minimum Gasteiger partial charge on any atom is -0.494 e. The number of carbonyl (C=O) groups is 2. The molecule has 0 aliphatic rings. The molecule has 0 aromatic heterocycles. The maximum absolute atomic E-state index is 13.9. The van der Waals surface area contributed by atoms with E-state index in [1.807, 2.05) is 82.3 Å². The molecule has 0 bridgehead atoms. The zero-order chi connectivity index (χ0) is 30.7. The summed E-state index contributed by atoms with van der Waals surface area (Å²) in [5.41, 5.74) is 3.43. The molecule has 0 saturated heterocycles. The van der Waals surface area contributed by atoms with Gasteiger partial charge in [0.15, 0.2) is 0 Å². The van der Waals surface area contributed by atoms with Crippen LogP contribution in [0.25, 0.3) is 0 Å². The smallest absolute Gasteiger partial charge is 0.243 e. The van der Waals surface area contributed by atoms with Crippen molar-refractivity contribution in [1.29, 1.82) is 0 Å². The van der Waals surface area contributed by atoms with Gasteiger partial charge in [-0.3, -0.25) is 13.9 Å². The lowest BCUT2D eigenvalue weighted by Gasteiger charge is -2.33. The average molecular weight is 594 g/mol. The zero-order valence-corrected chi connectivity index (χ0v) is 26.1. The predicted molar refractivity (Wildman–Crippen MR) is 168 cm³/mol. The maximum atomic E-state index is 13.9. The van der Waals surface area contributed by atoms with E-state index >= 15 is 0 Å². The molecule has 3 rings (SSSR count). The SMILES string of the molecule is CCOc1ccc(N(CCCC(=O)N(Cc2ccccc2C)[C@@H](Cc2ccccc2)C(=O)NC(C)C)S(C)(=O)=O)cc1. The molecule has 0 spiro atoms. The van der Waals surface area contributed by atoms with Crippen molar-refractivity contribution in [3.63, 3.8) is 0 Å². The topological polar surface area (TPSA) is 96.0 Å². The van der Waals surface area contributed by atoms with Crippen molar-refractivity contribution >= 4 is 27.5 Å². The van der Waals surface area contributed by atoms with Crippen LogP contribution >= 0.6 is 0 Å². The van der Waals surface area contributed by atoms with Crippen LogP contribution in [-0.2, 0) is 32.6 Å². The molecule has 1 N–H and O–H groups in total. The van der Waals surface area contributed by atoms with Crippen LogP contribution in [0.15, 0.2) is 78.9 Å². The van der Waals surface area contributed by atoms with Crippen LogP contribution in [0.1, 0.15) is 50.3 Å². The third kappa shape index (κ3) is 9.62. The summed E-state index contributed by atoms with van der Waals surface area (Å²) in [4.78, 5) is 29.1. The number of amides is 2. The minimum absolute atomic E-state index is 0.0786. The van der Waals surface area contributed by atoms with Gasteiger partial charge in [-0.2, -0.15) is 0 Å². The number of hydrogen-bond acceptors (Lipinski definition) is 5. The summed E-state index contributed by atoms with van der Waals surface area (Å²) >= 11 is 0. The van der Waals surface area contributed by atoms with Gasteiger partial charge in [0.05, 0.1) is 18.6 Å². The summed E-state index contributed by atoms with van der Waals surface area (Å²) in [6, 6.07) is 23.5. The summed E-state index contributed by atoms with van der Waals surface area (Å²) in [6.07, 6.45) is 1.88. The summed E-state index contributed by atoms with van der Waals surface area (Å²) in [7, 11) is -3.60. The van der Waals surface area contributed by atoms with E-state index in [0.29, 0.717) is 24.5 Å². The van der Waals surface area contributed by atoms with Gasteiger partial charge in [-0.1, -0.05) is 54.6 Å². The molecule has 0 aliphatic heterocycles. The van der Waals surface area contributed by atoms with Crippen LogP contribution in [-0.4, -0.2) is 56.6 Å². The first-order chi connectivity index (χ1) is 20.0. The van der Waals surface area contributed by atoms with Crippen LogP contribution in [0.5, 0.6) is 5.75 Å². The summed E-state index contributed by atoms with van der Waals surface area (Å²) in [5, 5.41) is 3.00. The Balaban J connectivity index is 1.87. The number of aryl methyl sites for hydroxylation is 1. The van der Waals surface area contributed by atoms with Gasteiger partial charge in [0.1, 0.15) is 11.8 Å². The van der Waals surface area contributed by atoms with Crippen molar-refractivity contribution in [3.8, 4) is 5.75 Å². The lowest BCUT2D eigenvalue weighted by molar-refractivity contribution is -0.141. The molecule has 0 aliphatic carbocycles. The summed E-state index contributed by atoms with van der Waals surface area (Å²) < 4.78 is 32.1. The van der Waals surface area contributed by atoms with Gasteiger partial charge in [-0.15, -0.1) is 0 Å². The second-order valence-electron chi connectivity index (χ2n) is 10.7. The Morgan fingerprint density at radius 2 is 1.57 bits per heavy atom. The van der Waals surface area contributed by atoms with Crippen LogP contribution in [0.4, 0.5) is 5.69 Å². The Bertz CT molecular complexity index is 1410. The molecule has 2 amide bonds. The minimum atomic E-state index is -3.60. The van der Waals surface area contributed by atoms with Crippen molar-refractivity contribution in [2.75, 3.05) is 23.7 Å². The highest BCUT2D eigenvalue weighted by Gasteiger charge is 2.31. The Hall–Kier alpha value is -3.85. The second kappa shape index (κ2) is 15.4. The van der Waals surface area contributed by atoms with E-state index in [9.17, 15) is 18.0 Å². The fraction of sp³-hybridized carbons (Fsp3) is 0.394. The summed E-state index contributed by atoms with van der Waals surface area (Å²) in [5.74, 6) is 0.224. The number of rotatable bonds is 15. The van der Waals surface area contributed by atoms with Gasteiger partial charge in [0, 0.05) is 32.0 Å². The van der Waals surface area contributed by atoms with E-state index in [1.165, 1.54) is 4.31 Å². The third-order valence-electron chi connectivity index (χ3n) is 6.89. The number of nitrogens with one attached hydrogen (secondary N) is 1. The first kappa shape index (κ1) is 32.7. The number of hydrogen-bond donors (Lipinski definition) is 1. The van der Waals surface area contributed by atoms with E-state index in [4.69, 9.17) is 4.74 Å². The predicted octanol–water partition coefficient (Wildman–Crippen LogP) is 5.10. The molecule has 3 aromatic rings. The largest absolute Gasteiger partial charge is 0.494 e. The van der Waals surface area contributed by atoms with Crippen LogP contribution in [0.2, 0.25) is 0 Å². The van der Waals surface area contributed by atoms with Gasteiger partial charge in [-0.25, -0.2) is 8.42 Å². The molecule has 3 aromatic carbocycles. The van der Waals surface area contributed by atoms with Crippen LogP contribution in [0.3, 0.4) is 0 Å². The average Bonchev–Trinajstić information content (AvgIpc) is 2.94. The molecule has 1 atom stereocenters. The Morgan fingerprint density at radius 3 is 2.17 bits per heavy atom. The fourth-order valence-electron chi connectivity index (χ4n) is 4.78. The van der Waals surface area contributed by atoms with E-state index in [1.54, 1.807) is 29.2 Å². The number of benzene rings is 3. The number of anilines is 1. The quantitative estimate of drug-likeness (QED) is 0.264. The van der Waals surface area contributed by atoms with Crippen molar-refractivity contribution in [2.24, 2.45) is 0 Å². The third-order valence-corrected chi connectivity index (χ3v) is 8.09. The van der Waals surface area contributed by atoms with Crippen molar-refractivity contribution < 1.29 is 22.7 Å².